The van der Waals surface area contributed by atoms with Crippen molar-refractivity contribution in [2.75, 3.05) is 36.4 Å². The first kappa shape index (κ1) is 26.0. The summed E-state index contributed by atoms with van der Waals surface area (Å²) in [6.45, 7) is 4.12. The molecule has 0 atom stereocenters. The number of fused-ring (bicyclic) bond motifs is 3. The third-order valence-corrected chi connectivity index (χ3v) is 8.54. The van der Waals surface area contributed by atoms with Gasteiger partial charge in [0.25, 0.3) is 5.91 Å². The van der Waals surface area contributed by atoms with Gasteiger partial charge in [0.05, 0.1) is 33.8 Å². The van der Waals surface area contributed by atoms with Crippen LogP contribution in [0.1, 0.15) is 28.5 Å². The molecule has 0 spiro atoms. The predicted octanol–water partition coefficient (Wildman–Crippen LogP) is 3.87. The third-order valence-electron chi connectivity index (χ3n) is 7.52. The highest BCUT2D eigenvalue weighted by atomic mass is 32.1. The standard InChI is InChI=1S/C30H27N9O2S/c1-19(40)34-30-35-24-9-8-23-26(21-3-2-10-31-17-21)36-39(27(23)28(24)42-30)22-6-4-20(5-7-22)29(41)38-15-13-37(14-16-38)25-18-32-11-12-33-25/h2-7,10-12,17-18H,8-9,13-16H2,1H3,(H,34,35,40). The van der Waals surface area contributed by atoms with Crippen molar-refractivity contribution in [1.82, 2.24) is 34.6 Å². The molecule has 0 bridgehead atoms. The lowest BCUT2D eigenvalue weighted by Gasteiger charge is -2.35. The summed E-state index contributed by atoms with van der Waals surface area (Å²) in [6.07, 6.45) is 10.2. The van der Waals surface area contributed by atoms with Crippen LogP contribution in [0, 0.1) is 0 Å². The molecule has 4 aromatic heterocycles. The number of thiazole rings is 1. The highest BCUT2D eigenvalue weighted by Gasteiger charge is 2.30. The van der Waals surface area contributed by atoms with Crippen LogP contribution in [0.25, 0.3) is 27.5 Å². The normalized spacial score (nSPS) is 14.3. The fourth-order valence-electron chi connectivity index (χ4n) is 5.52. The van der Waals surface area contributed by atoms with Gasteiger partial charge in [0.2, 0.25) is 5.91 Å². The number of aromatic nitrogens is 6. The molecule has 0 saturated carbocycles. The van der Waals surface area contributed by atoms with Crippen molar-refractivity contribution in [3.63, 3.8) is 0 Å². The number of carbonyl (C=O) groups excluding carboxylic acids is 2. The Bertz CT molecular complexity index is 1760. The van der Waals surface area contributed by atoms with E-state index in [9.17, 15) is 9.59 Å². The van der Waals surface area contributed by atoms with Crippen LogP contribution in [0.5, 0.6) is 0 Å². The van der Waals surface area contributed by atoms with Crippen molar-refractivity contribution in [2.45, 2.75) is 19.8 Å². The van der Waals surface area contributed by atoms with Crippen LogP contribution >= 0.6 is 11.3 Å². The lowest BCUT2D eigenvalue weighted by molar-refractivity contribution is -0.114. The van der Waals surface area contributed by atoms with E-state index in [1.165, 1.54) is 18.3 Å². The maximum atomic E-state index is 13.4. The van der Waals surface area contributed by atoms with Gasteiger partial charge in [0, 0.05) is 74.6 Å². The van der Waals surface area contributed by atoms with Crippen LogP contribution in [0.2, 0.25) is 0 Å². The van der Waals surface area contributed by atoms with Crippen LogP contribution < -0.4 is 10.2 Å². The van der Waals surface area contributed by atoms with Gasteiger partial charge in [-0.25, -0.2) is 14.6 Å². The number of nitrogens with one attached hydrogen (secondary N) is 1. The zero-order valence-corrected chi connectivity index (χ0v) is 23.7. The van der Waals surface area contributed by atoms with Crippen LogP contribution in [0.15, 0.2) is 67.4 Å². The number of nitrogens with zero attached hydrogens (tertiary/aromatic N) is 8. The van der Waals surface area contributed by atoms with E-state index in [4.69, 9.17) is 10.1 Å². The van der Waals surface area contributed by atoms with E-state index in [2.05, 4.69) is 25.2 Å². The Morgan fingerprint density at radius 2 is 1.74 bits per heavy atom. The molecule has 5 heterocycles. The second kappa shape index (κ2) is 10.8. The summed E-state index contributed by atoms with van der Waals surface area (Å²) in [5.41, 5.74) is 6.31. The molecular weight excluding hydrogens is 550 g/mol. The Morgan fingerprint density at radius 3 is 2.45 bits per heavy atom. The molecule has 12 heteroatoms. The molecule has 2 amide bonds. The first-order valence-electron chi connectivity index (χ1n) is 13.8. The second-order valence-corrected chi connectivity index (χ2v) is 11.2. The van der Waals surface area contributed by atoms with E-state index in [0.29, 0.717) is 36.9 Å². The molecule has 1 aromatic carbocycles. The van der Waals surface area contributed by atoms with E-state index in [0.717, 1.165) is 57.4 Å². The van der Waals surface area contributed by atoms with E-state index < -0.39 is 0 Å². The third kappa shape index (κ3) is 4.79. The van der Waals surface area contributed by atoms with Gasteiger partial charge in [-0.15, -0.1) is 0 Å². The van der Waals surface area contributed by atoms with E-state index in [1.54, 1.807) is 24.8 Å². The maximum absolute atomic E-state index is 13.4. The van der Waals surface area contributed by atoms with Crippen molar-refractivity contribution < 1.29 is 9.59 Å². The van der Waals surface area contributed by atoms with Crippen LogP contribution in [0.3, 0.4) is 0 Å². The Balaban J connectivity index is 1.18. The number of piperazine rings is 1. The first-order valence-corrected chi connectivity index (χ1v) is 14.6. The van der Waals surface area contributed by atoms with Crippen molar-refractivity contribution in [3.8, 4) is 27.5 Å². The molecule has 7 rings (SSSR count). The number of hydrogen-bond acceptors (Lipinski definition) is 9. The van der Waals surface area contributed by atoms with Gasteiger partial charge in [0.15, 0.2) is 5.13 Å². The summed E-state index contributed by atoms with van der Waals surface area (Å²) >= 11 is 1.46. The fraction of sp³-hybridized carbons (Fsp3) is 0.233. The van der Waals surface area contributed by atoms with Crippen LogP contribution in [-0.4, -0.2) is 72.6 Å². The van der Waals surface area contributed by atoms with Gasteiger partial charge in [0.1, 0.15) is 5.82 Å². The number of anilines is 2. The van der Waals surface area contributed by atoms with E-state index in [-0.39, 0.29) is 11.8 Å². The van der Waals surface area contributed by atoms with Crippen molar-refractivity contribution >= 4 is 34.1 Å². The van der Waals surface area contributed by atoms with Gasteiger partial charge in [-0.05, 0) is 49.2 Å². The number of benzene rings is 1. The smallest absolute Gasteiger partial charge is 0.253 e. The molecule has 1 saturated heterocycles. The lowest BCUT2D eigenvalue weighted by atomic mass is 9.95. The van der Waals surface area contributed by atoms with Crippen molar-refractivity contribution in [1.29, 1.82) is 0 Å². The number of aryl methyl sites for hydroxylation is 1. The first-order chi connectivity index (χ1) is 20.5. The summed E-state index contributed by atoms with van der Waals surface area (Å²) in [6, 6.07) is 11.5. The van der Waals surface area contributed by atoms with Crippen molar-refractivity contribution in [2.24, 2.45) is 0 Å². The molecule has 1 fully saturated rings. The van der Waals surface area contributed by atoms with Gasteiger partial charge < -0.3 is 15.1 Å². The zero-order valence-electron chi connectivity index (χ0n) is 22.9. The molecule has 5 aromatic rings. The average Bonchev–Trinajstić information content (AvgIpc) is 3.62. The molecule has 1 N–H and O–H groups in total. The zero-order chi connectivity index (χ0) is 28.6. The Hall–Kier alpha value is -4.97. The largest absolute Gasteiger partial charge is 0.352 e. The molecule has 1 aliphatic heterocycles. The Labute approximate surface area is 245 Å². The van der Waals surface area contributed by atoms with Gasteiger partial charge in [-0.2, -0.15) is 5.10 Å². The fourth-order valence-corrected chi connectivity index (χ4v) is 6.63. The minimum absolute atomic E-state index is 0.00332. The second-order valence-electron chi connectivity index (χ2n) is 10.2. The number of carbonyl (C=O) groups is 2. The molecule has 11 nitrogen and oxygen atoms in total. The summed E-state index contributed by atoms with van der Waals surface area (Å²) in [5.74, 6) is 0.681. The summed E-state index contributed by atoms with van der Waals surface area (Å²) in [7, 11) is 0. The number of rotatable bonds is 5. The number of amides is 2. The monoisotopic (exact) mass is 577 g/mol. The van der Waals surface area contributed by atoms with Crippen LogP contribution in [0.4, 0.5) is 10.9 Å². The molecule has 0 unspecified atom stereocenters. The van der Waals surface area contributed by atoms with Crippen LogP contribution in [-0.2, 0) is 17.6 Å². The molecule has 2 aliphatic rings. The number of pyridine rings is 1. The average molecular weight is 578 g/mol. The Morgan fingerprint density at radius 1 is 0.929 bits per heavy atom. The maximum Gasteiger partial charge on any atom is 0.253 e. The number of hydrogen-bond donors (Lipinski definition) is 1. The molecule has 1 aliphatic carbocycles. The molecular formula is C30H27N9O2S. The Kier molecular flexibility index (Phi) is 6.67. The van der Waals surface area contributed by atoms with E-state index >= 15 is 0 Å². The van der Waals surface area contributed by atoms with Crippen molar-refractivity contribution in [3.05, 3.63) is 84.2 Å². The van der Waals surface area contributed by atoms with E-state index in [1.807, 2.05) is 52.2 Å². The SMILES string of the molecule is CC(=O)Nc1nc2c(s1)-c1c(c(-c3cccnc3)nn1-c1ccc(C(=O)N3CCN(c4cnccn4)CC3)cc1)CC2. The molecule has 210 valence electrons. The highest BCUT2D eigenvalue weighted by Crippen LogP contribution is 2.44. The molecule has 0 radical (unpaired) electrons. The van der Waals surface area contributed by atoms with Gasteiger partial charge in [-0.3, -0.25) is 19.6 Å². The quantitative estimate of drug-likeness (QED) is 0.334. The lowest BCUT2D eigenvalue weighted by Crippen LogP contribution is -2.49. The predicted molar refractivity (Wildman–Crippen MR) is 160 cm³/mol. The van der Waals surface area contributed by atoms with Gasteiger partial charge >= 0.3 is 0 Å². The summed E-state index contributed by atoms with van der Waals surface area (Å²) in [5, 5.41) is 8.47. The minimum atomic E-state index is -0.152. The minimum Gasteiger partial charge on any atom is -0.352 e. The molecule has 42 heavy (non-hydrogen) atoms. The topological polar surface area (TPSA) is 122 Å². The van der Waals surface area contributed by atoms with Gasteiger partial charge in [-0.1, -0.05) is 11.3 Å². The summed E-state index contributed by atoms with van der Waals surface area (Å²) in [4.78, 5) is 47.6. The highest BCUT2D eigenvalue weighted by molar-refractivity contribution is 7.19. The summed E-state index contributed by atoms with van der Waals surface area (Å²) < 4.78 is 1.93.